The Morgan fingerprint density at radius 1 is 1.44 bits per heavy atom. The van der Waals surface area contributed by atoms with Gasteiger partial charge in [-0.3, -0.25) is 14.7 Å². The number of aliphatic hydroxyl groups is 1. The highest BCUT2D eigenvalue weighted by molar-refractivity contribution is 7.54. The van der Waals surface area contributed by atoms with Crippen LogP contribution in [0, 0.1) is 10.1 Å². The zero-order chi connectivity index (χ0) is 13.8. The SMILES string of the molecule is CCOP(=O)(OCC)C(O)c1ccc([N+](=O)[O-])o1. The maximum Gasteiger partial charge on any atom is 0.433 e. The first-order valence-electron chi connectivity index (χ1n) is 5.25. The summed E-state index contributed by atoms with van der Waals surface area (Å²) in [6, 6.07) is 2.22. The summed E-state index contributed by atoms with van der Waals surface area (Å²) in [6.07, 6.45) is 0. The highest BCUT2D eigenvalue weighted by atomic mass is 31.2. The fraction of sp³-hybridized carbons (Fsp3) is 0.556. The van der Waals surface area contributed by atoms with Crippen LogP contribution in [0.1, 0.15) is 25.5 Å². The summed E-state index contributed by atoms with van der Waals surface area (Å²) in [7, 11) is -3.81. The normalized spacial score (nSPS) is 13.5. The molecule has 9 heteroatoms. The molecular formula is C9H14NO7P. The lowest BCUT2D eigenvalue weighted by Crippen LogP contribution is -2.05. The van der Waals surface area contributed by atoms with Gasteiger partial charge in [-0.1, -0.05) is 0 Å². The fourth-order valence-corrected chi connectivity index (χ4v) is 2.80. The molecule has 0 spiro atoms. The van der Waals surface area contributed by atoms with Crippen molar-refractivity contribution in [3.8, 4) is 0 Å². The van der Waals surface area contributed by atoms with Gasteiger partial charge in [-0.25, -0.2) is 0 Å². The molecule has 102 valence electrons. The van der Waals surface area contributed by atoms with Gasteiger partial charge in [-0.05, 0) is 19.9 Å². The van der Waals surface area contributed by atoms with E-state index in [2.05, 4.69) is 0 Å². The molecule has 18 heavy (non-hydrogen) atoms. The molecule has 0 radical (unpaired) electrons. The largest absolute Gasteiger partial charge is 0.433 e. The molecule has 0 aliphatic heterocycles. The zero-order valence-electron chi connectivity index (χ0n) is 9.94. The van der Waals surface area contributed by atoms with Gasteiger partial charge < -0.3 is 18.6 Å². The highest BCUT2D eigenvalue weighted by Gasteiger charge is 2.38. The first-order valence-corrected chi connectivity index (χ1v) is 6.86. The third-order valence-electron chi connectivity index (χ3n) is 1.96. The van der Waals surface area contributed by atoms with E-state index in [4.69, 9.17) is 13.5 Å². The van der Waals surface area contributed by atoms with Gasteiger partial charge in [0.05, 0.1) is 19.3 Å². The molecular weight excluding hydrogens is 265 g/mol. The highest BCUT2D eigenvalue weighted by Crippen LogP contribution is 2.59. The van der Waals surface area contributed by atoms with Crippen molar-refractivity contribution in [2.45, 2.75) is 19.7 Å². The van der Waals surface area contributed by atoms with Crippen LogP contribution < -0.4 is 0 Å². The number of rotatable bonds is 7. The fourth-order valence-electron chi connectivity index (χ4n) is 1.27. The molecule has 1 aromatic heterocycles. The predicted octanol–water partition coefficient (Wildman–Crippen LogP) is 2.44. The lowest BCUT2D eigenvalue weighted by molar-refractivity contribution is -0.402. The Kier molecular flexibility index (Phi) is 5.03. The standard InChI is InChI=1S/C9H14NO7P/c1-3-15-18(14,16-4-2)9(11)7-5-6-8(17-7)10(12)13/h5-6,9,11H,3-4H2,1-2H3. The summed E-state index contributed by atoms with van der Waals surface area (Å²) < 4.78 is 26.8. The van der Waals surface area contributed by atoms with E-state index in [-0.39, 0.29) is 19.0 Å². The molecule has 0 fully saturated rings. The number of nitro groups is 1. The molecule has 8 nitrogen and oxygen atoms in total. The van der Waals surface area contributed by atoms with E-state index in [1.54, 1.807) is 13.8 Å². The van der Waals surface area contributed by atoms with Crippen LogP contribution in [-0.4, -0.2) is 23.2 Å². The molecule has 1 rings (SSSR count). The minimum Gasteiger partial charge on any atom is -0.402 e. The molecule has 0 amide bonds. The summed E-state index contributed by atoms with van der Waals surface area (Å²) >= 11 is 0. The second kappa shape index (κ2) is 6.10. The van der Waals surface area contributed by atoms with E-state index in [0.29, 0.717) is 0 Å². The van der Waals surface area contributed by atoms with Crippen molar-refractivity contribution < 1.29 is 28.1 Å². The van der Waals surface area contributed by atoms with Crippen molar-refractivity contribution in [1.29, 1.82) is 0 Å². The van der Waals surface area contributed by atoms with Crippen LogP contribution in [-0.2, 0) is 13.6 Å². The third-order valence-corrected chi connectivity index (χ3v) is 4.05. The van der Waals surface area contributed by atoms with Crippen LogP contribution in [0.5, 0.6) is 0 Å². The average molecular weight is 279 g/mol. The molecule has 0 bridgehead atoms. The first-order chi connectivity index (χ1) is 8.44. The van der Waals surface area contributed by atoms with Crippen molar-refractivity contribution in [3.63, 3.8) is 0 Å². The van der Waals surface area contributed by atoms with E-state index in [9.17, 15) is 19.8 Å². The molecule has 1 aromatic rings. The minimum atomic E-state index is -3.81. The Bertz CT molecular complexity index is 448. The monoisotopic (exact) mass is 279 g/mol. The third kappa shape index (κ3) is 3.17. The second-order valence-corrected chi connectivity index (χ2v) is 5.27. The Balaban J connectivity index is 2.97. The maximum atomic E-state index is 12.2. The number of hydrogen-bond donors (Lipinski definition) is 1. The van der Waals surface area contributed by atoms with Crippen LogP contribution in [0.2, 0.25) is 0 Å². The molecule has 0 aliphatic carbocycles. The molecule has 1 unspecified atom stereocenters. The Morgan fingerprint density at radius 3 is 2.39 bits per heavy atom. The molecule has 0 saturated heterocycles. The van der Waals surface area contributed by atoms with Crippen LogP contribution in [0.15, 0.2) is 16.5 Å². The maximum absolute atomic E-state index is 12.2. The topological polar surface area (TPSA) is 112 Å². The molecule has 0 aliphatic rings. The van der Waals surface area contributed by atoms with Gasteiger partial charge >= 0.3 is 13.5 Å². The number of hydrogen-bond acceptors (Lipinski definition) is 7. The van der Waals surface area contributed by atoms with E-state index < -0.39 is 24.2 Å². The summed E-state index contributed by atoms with van der Waals surface area (Å²) in [5, 5.41) is 20.3. The quantitative estimate of drug-likeness (QED) is 0.463. The Hall–Kier alpha value is -1.21. The van der Waals surface area contributed by atoms with Crippen LogP contribution >= 0.6 is 7.60 Å². The van der Waals surface area contributed by atoms with E-state index in [1.165, 1.54) is 0 Å². The van der Waals surface area contributed by atoms with Crippen LogP contribution in [0.3, 0.4) is 0 Å². The van der Waals surface area contributed by atoms with Gasteiger partial charge in [-0.2, -0.15) is 0 Å². The van der Waals surface area contributed by atoms with E-state index in [0.717, 1.165) is 12.1 Å². The van der Waals surface area contributed by atoms with Crippen LogP contribution in [0.25, 0.3) is 0 Å². The van der Waals surface area contributed by atoms with Crippen molar-refractivity contribution in [2.24, 2.45) is 0 Å². The molecule has 1 heterocycles. The molecule has 0 aromatic carbocycles. The van der Waals surface area contributed by atoms with Gasteiger partial charge in [0.15, 0.2) is 5.76 Å². The summed E-state index contributed by atoms with van der Waals surface area (Å²) in [5.74, 6) is -2.47. The Labute approximate surface area is 103 Å². The summed E-state index contributed by atoms with van der Waals surface area (Å²) in [5.41, 5.74) is 0. The molecule has 1 atom stereocenters. The first kappa shape index (κ1) is 14.8. The average Bonchev–Trinajstić information content (AvgIpc) is 2.77. The van der Waals surface area contributed by atoms with Crippen molar-refractivity contribution in [3.05, 3.63) is 28.0 Å². The summed E-state index contributed by atoms with van der Waals surface area (Å²) in [6.45, 7) is 3.31. The zero-order valence-corrected chi connectivity index (χ0v) is 10.8. The second-order valence-electron chi connectivity index (χ2n) is 3.18. The van der Waals surface area contributed by atoms with Crippen molar-refractivity contribution in [1.82, 2.24) is 0 Å². The van der Waals surface area contributed by atoms with E-state index in [1.807, 2.05) is 0 Å². The van der Waals surface area contributed by atoms with Gasteiger partial charge in [0.25, 0.3) is 0 Å². The lowest BCUT2D eigenvalue weighted by atomic mass is 10.5. The van der Waals surface area contributed by atoms with Gasteiger partial charge in [0, 0.05) is 0 Å². The number of nitrogens with zero attached hydrogens (tertiary/aromatic N) is 1. The Morgan fingerprint density at radius 2 is 2.00 bits per heavy atom. The van der Waals surface area contributed by atoms with Gasteiger partial charge in [0.1, 0.15) is 4.92 Å². The predicted molar refractivity (Wildman–Crippen MR) is 61.2 cm³/mol. The van der Waals surface area contributed by atoms with E-state index >= 15 is 0 Å². The number of furan rings is 1. The van der Waals surface area contributed by atoms with Gasteiger partial charge in [-0.15, -0.1) is 0 Å². The smallest absolute Gasteiger partial charge is 0.402 e. The van der Waals surface area contributed by atoms with Crippen molar-refractivity contribution in [2.75, 3.05) is 13.2 Å². The number of aliphatic hydroxyl groups excluding tert-OH is 1. The lowest BCUT2D eigenvalue weighted by Gasteiger charge is -2.20. The van der Waals surface area contributed by atoms with Gasteiger partial charge in [0.2, 0.25) is 5.85 Å². The minimum absolute atomic E-state index is 0.0666. The molecule has 1 N–H and O–H groups in total. The summed E-state index contributed by atoms with van der Waals surface area (Å²) in [4.78, 5) is 9.68. The molecule has 0 saturated carbocycles. The van der Waals surface area contributed by atoms with Crippen molar-refractivity contribution >= 4 is 13.5 Å². The van der Waals surface area contributed by atoms with Crippen LogP contribution in [0.4, 0.5) is 5.88 Å².